The molecule has 1 N–H and O–H groups in total. The molecule has 2 aromatic heterocycles. The van der Waals surface area contributed by atoms with Crippen molar-refractivity contribution in [2.75, 3.05) is 6.54 Å². The van der Waals surface area contributed by atoms with Gasteiger partial charge in [0.1, 0.15) is 10.7 Å². The largest absolute Gasteiger partial charge is 0.310 e. The smallest absolute Gasteiger partial charge is 0.143 e. The van der Waals surface area contributed by atoms with E-state index in [4.69, 9.17) is 4.98 Å². The van der Waals surface area contributed by atoms with E-state index in [1.807, 2.05) is 12.3 Å². The molecule has 3 nitrogen and oxygen atoms in total. The third-order valence-electron chi connectivity index (χ3n) is 3.61. The molecule has 0 aliphatic rings. The molecule has 1 aromatic carbocycles. The zero-order chi connectivity index (χ0) is 14.8. The fourth-order valence-electron chi connectivity index (χ4n) is 2.60. The Morgan fingerprint density at radius 3 is 2.86 bits per heavy atom. The predicted octanol–water partition coefficient (Wildman–Crippen LogP) is 4.34. The number of hydrogen-bond acceptors (Lipinski definition) is 4. The molecule has 0 bridgehead atoms. The Labute approximate surface area is 129 Å². The summed E-state index contributed by atoms with van der Waals surface area (Å²) in [6.45, 7) is 7.35. The number of rotatable bonds is 4. The Morgan fingerprint density at radius 1 is 1.24 bits per heavy atom. The number of aromatic nitrogens is 2. The number of hydrogen-bond donors (Lipinski definition) is 1. The monoisotopic (exact) mass is 297 g/mol. The number of pyridine rings is 1. The second-order valence-corrected chi connectivity index (χ2v) is 6.16. The highest BCUT2D eigenvalue weighted by molar-refractivity contribution is 7.15. The molecule has 1 atom stereocenters. The second-order valence-electron chi connectivity index (χ2n) is 5.13. The van der Waals surface area contributed by atoms with Crippen LogP contribution >= 0.6 is 11.3 Å². The van der Waals surface area contributed by atoms with Crippen molar-refractivity contribution in [1.29, 1.82) is 0 Å². The Balaban J connectivity index is 2.09. The number of fused-ring (bicyclic) bond motifs is 1. The molecule has 108 valence electrons. The van der Waals surface area contributed by atoms with Crippen molar-refractivity contribution in [2.45, 2.75) is 26.8 Å². The zero-order valence-corrected chi connectivity index (χ0v) is 13.4. The Morgan fingerprint density at radius 2 is 2.05 bits per heavy atom. The van der Waals surface area contributed by atoms with Crippen molar-refractivity contribution in [3.8, 4) is 10.7 Å². The van der Waals surface area contributed by atoms with Crippen LogP contribution in [0.5, 0.6) is 0 Å². The molecule has 0 radical (unpaired) electrons. The average Bonchev–Trinajstić information content (AvgIpc) is 2.89. The minimum Gasteiger partial charge on any atom is -0.310 e. The minimum atomic E-state index is 0.330. The number of aryl methyl sites for hydroxylation is 1. The normalized spacial score (nSPS) is 12.7. The van der Waals surface area contributed by atoms with Crippen LogP contribution in [0, 0.1) is 6.92 Å². The molecule has 0 fully saturated rings. The van der Waals surface area contributed by atoms with Crippen LogP contribution in [0.4, 0.5) is 0 Å². The first-order valence-corrected chi connectivity index (χ1v) is 8.07. The van der Waals surface area contributed by atoms with Crippen molar-refractivity contribution >= 4 is 22.1 Å². The van der Waals surface area contributed by atoms with Gasteiger partial charge in [0.2, 0.25) is 0 Å². The summed E-state index contributed by atoms with van der Waals surface area (Å²) in [5, 5.41) is 6.83. The lowest BCUT2D eigenvalue weighted by Gasteiger charge is -2.09. The van der Waals surface area contributed by atoms with Crippen LogP contribution in [-0.4, -0.2) is 16.5 Å². The van der Waals surface area contributed by atoms with Crippen molar-refractivity contribution in [3.63, 3.8) is 0 Å². The van der Waals surface area contributed by atoms with Gasteiger partial charge in [-0.15, -0.1) is 11.3 Å². The van der Waals surface area contributed by atoms with E-state index in [9.17, 15) is 0 Å². The average molecular weight is 297 g/mol. The first-order chi connectivity index (χ1) is 10.2. The first kappa shape index (κ1) is 14.2. The van der Waals surface area contributed by atoms with Crippen molar-refractivity contribution in [2.24, 2.45) is 0 Å². The Kier molecular flexibility index (Phi) is 3.99. The van der Waals surface area contributed by atoms with E-state index in [-0.39, 0.29) is 0 Å². The maximum atomic E-state index is 4.75. The summed E-state index contributed by atoms with van der Waals surface area (Å²) in [5.74, 6) is 0. The standard InChI is InChI=1S/C17H19N3S/c1-4-18-11(2)16-12(3)20-17(21-16)15-14-8-6-5-7-13(14)9-10-19-15/h5-11,18H,4H2,1-3H3. The molecule has 0 saturated heterocycles. The lowest BCUT2D eigenvalue weighted by Crippen LogP contribution is -2.17. The summed E-state index contributed by atoms with van der Waals surface area (Å²) in [6.07, 6.45) is 1.86. The molecular formula is C17H19N3S. The fourth-order valence-corrected chi connectivity index (χ4v) is 3.70. The molecule has 0 aliphatic heterocycles. The van der Waals surface area contributed by atoms with E-state index in [0.717, 1.165) is 28.3 Å². The molecule has 0 aliphatic carbocycles. The van der Waals surface area contributed by atoms with Crippen LogP contribution in [0.25, 0.3) is 21.5 Å². The van der Waals surface area contributed by atoms with Gasteiger partial charge >= 0.3 is 0 Å². The Bertz CT molecular complexity index is 758. The van der Waals surface area contributed by atoms with Crippen LogP contribution in [0.3, 0.4) is 0 Å². The molecular weight excluding hydrogens is 278 g/mol. The number of nitrogens with one attached hydrogen (secondary N) is 1. The van der Waals surface area contributed by atoms with Gasteiger partial charge in [-0.1, -0.05) is 31.2 Å². The first-order valence-electron chi connectivity index (χ1n) is 7.25. The van der Waals surface area contributed by atoms with Crippen molar-refractivity contribution in [1.82, 2.24) is 15.3 Å². The molecule has 0 amide bonds. The fraction of sp³-hybridized carbons (Fsp3) is 0.294. The van der Waals surface area contributed by atoms with Crippen LogP contribution in [-0.2, 0) is 0 Å². The van der Waals surface area contributed by atoms with Gasteiger partial charge in [0.15, 0.2) is 0 Å². The van der Waals surface area contributed by atoms with Gasteiger partial charge in [0.25, 0.3) is 0 Å². The van der Waals surface area contributed by atoms with E-state index in [0.29, 0.717) is 6.04 Å². The van der Waals surface area contributed by atoms with Gasteiger partial charge < -0.3 is 5.32 Å². The van der Waals surface area contributed by atoms with E-state index in [2.05, 4.69) is 55.3 Å². The zero-order valence-electron chi connectivity index (χ0n) is 12.6. The molecule has 3 aromatic rings. The van der Waals surface area contributed by atoms with Gasteiger partial charge in [0.05, 0.1) is 5.69 Å². The third kappa shape index (κ3) is 2.69. The lowest BCUT2D eigenvalue weighted by molar-refractivity contribution is 0.603. The van der Waals surface area contributed by atoms with E-state index in [1.54, 1.807) is 11.3 Å². The van der Waals surface area contributed by atoms with Gasteiger partial charge in [-0.3, -0.25) is 4.98 Å². The minimum absolute atomic E-state index is 0.330. The summed E-state index contributed by atoms with van der Waals surface area (Å²) in [6, 6.07) is 10.7. The summed E-state index contributed by atoms with van der Waals surface area (Å²) in [7, 11) is 0. The highest BCUT2D eigenvalue weighted by atomic mass is 32.1. The van der Waals surface area contributed by atoms with Gasteiger partial charge in [-0.25, -0.2) is 4.98 Å². The van der Waals surface area contributed by atoms with Gasteiger partial charge in [-0.05, 0) is 31.8 Å². The van der Waals surface area contributed by atoms with Gasteiger partial charge in [-0.2, -0.15) is 0 Å². The summed E-state index contributed by atoms with van der Waals surface area (Å²) in [4.78, 5) is 10.6. The maximum Gasteiger partial charge on any atom is 0.143 e. The van der Waals surface area contributed by atoms with Crippen molar-refractivity contribution in [3.05, 3.63) is 47.1 Å². The summed E-state index contributed by atoms with van der Waals surface area (Å²) in [5.41, 5.74) is 2.08. The van der Waals surface area contributed by atoms with Crippen LogP contribution in [0.1, 0.15) is 30.5 Å². The molecule has 0 spiro atoms. The number of nitrogens with zero attached hydrogens (tertiary/aromatic N) is 2. The van der Waals surface area contributed by atoms with E-state index >= 15 is 0 Å². The molecule has 21 heavy (non-hydrogen) atoms. The van der Waals surface area contributed by atoms with Crippen LogP contribution in [0.15, 0.2) is 36.5 Å². The predicted molar refractivity (Wildman–Crippen MR) is 89.7 cm³/mol. The second kappa shape index (κ2) is 5.92. The van der Waals surface area contributed by atoms with Crippen LogP contribution in [0.2, 0.25) is 0 Å². The van der Waals surface area contributed by atoms with E-state index in [1.165, 1.54) is 10.3 Å². The highest BCUT2D eigenvalue weighted by Crippen LogP contribution is 2.34. The Hall–Kier alpha value is -1.78. The molecule has 1 unspecified atom stereocenters. The summed E-state index contributed by atoms with van der Waals surface area (Å²) >= 11 is 1.74. The van der Waals surface area contributed by atoms with Gasteiger partial charge in [0, 0.05) is 22.5 Å². The van der Waals surface area contributed by atoms with Crippen molar-refractivity contribution < 1.29 is 0 Å². The van der Waals surface area contributed by atoms with Crippen LogP contribution < -0.4 is 5.32 Å². The van der Waals surface area contributed by atoms with E-state index < -0.39 is 0 Å². The maximum absolute atomic E-state index is 4.75. The SMILES string of the molecule is CCNC(C)c1sc(-c2nccc3ccccc23)nc1C. The molecule has 0 saturated carbocycles. The molecule has 2 heterocycles. The molecule has 4 heteroatoms. The number of benzene rings is 1. The number of thiazole rings is 1. The highest BCUT2D eigenvalue weighted by Gasteiger charge is 2.16. The lowest BCUT2D eigenvalue weighted by atomic mass is 10.1. The third-order valence-corrected chi connectivity index (χ3v) is 4.96. The molecule has 3 rings (SSSR count). The quantitative estimate of drug-likeness (QED) is 0.778. The summed E-state index contributed by atoms with van der Waals surface area (Å²) < 4.78 is 0. The topological polar surface area (TPSA) is 37.8 Å².